The van der Waals surface area contributed by atoms with Crippen molar-refractivity contribution in [3.05, 3.63) is 24.3 Å². The fourth-order valence-corrected chi connectivity index (χ4v) is 4.25. The molecule has 0 aliphatic carbocycles. The summed E-state index contributed by atoms with van der Waals surface area (Å²) in [7, 11) is 0. The Hall–Kier alpha value is -1.53. The third-order valence-electron chi connectivity index (χ3n) is 4.64. The van der Waals surface area contributed by atoms with Crippen molar-refractivity contribution in [1.82, 2.24) is 0 Å². The molecular formula is C18H25N2O3S+. The number of unbranched alkanes of at least 4 members (excludes halogenated alkanes) is 1. The van der Waals surface area contributed by atoms with Gasteiger partial charge in [-0.05, 0) is 30.7 Å². The molecule has 5 nitrogen and oxygen atoms in total. The fraction of sp³-hybridized carbons (Fsp3) is 0.556. The van der Waals surface area contributed by atoms with Crippen LogP contribution in [0.25, 0.3) is 0 Å². The van der Waals surface area contributed by atoms with Gasteiger partial charge >= 0.3 is 0 Å². The Bertz CT molecular complexity index is 584. The van der Waals surface area contributed by atoms with Crippen molar-refractivity contribution in [2.75, 3.05) is 36.1 Å². The predicted molar refractivity (Wildman–Crippen MR) is 95.8 cm³/mol. The van der Waals surface area contributed by atoms with Gasteiger partial charge in [0, 0.05) is 11.5 Å². The molecule has 1 aromatic carbocycles. The van der Waals surface area contributed by atoms with Crippen molar-refractivity contribution < 1.29 is 19.2 Å². The molecule has 0 unspecified atom stereocenters. The van der Waals surface area contributed by atoms with Crippen LogP contribution in [0.5, 0.6) is 5.75 Å². The van der Waals surface area contributed by atoms with Gasteiger partial charge in [-0.25, -0.2) is 4.90 Å². The summed E-state index contributed by atoms with van der Waals surface area (Å²) in [5.74, 6) is 2.77. The number of hydrogen-bond donors (Lipinski definition) is 1. The number of nitrogens with zero attached hydrogens (tertiary/aromatic N) is 1. The molecule has 2 amide bonds. The Morgan fingerprint density at radius 3 is 2.58 bits per heavy atom. The second-order valence-corrected chi connectivity index (χ2v) is 7.52. The molecule has 2 heterocycles. The number of rotatable bonds is 6. The van der Waals surface area contributed by atoms with Crippen LogP contribution < -0.4 is 14.5 Å². The zero-order chi connectivity index (χ0) is 16.9. The quantitative estimate of drug-likeness (QED) is 0.618. The number of carbonyl (C=O) groups is 2. The molecule has 6 heteroatoms. The highest BCUT2D eigenvalue weighted by atomic mass is 32.2. The number of quaternary nitrogens is 1. The van der Waals surface area contributed by atoms with Crippen molar-refractivity contribution in [3.8, 4) is 5.75 Å². The number of ether oxygens (including phenoxy) is 1. The van der Waals surface area contributed by atoms with Crippen LogP contribution in [-0.2, 0) is 9.59 Å². The lowest BCUT2D eigenvalue weighted by Gasteiger charge is -2.27. The lowest BCUT2D eigenvalue weighted by molar-refractivity contribution is -0.911. The van der Waals surface area contributed by atoms with E-state index in [4.69, 9.17) is 4.74 Å². The van der Waals surface area contributed by atoms with Gasteiger partial charge in [0.2, 0.25) is 5.91 Å². The summed E-state index contributed by atoms with van der Waals surface area (Å²) < 4.78 is 5.64. The second-order valence-electron chi connectivity index (χ2n) is 6.29. The van der Waals surface area contributed by atoms with E-state index in [1.807, 2.05) is 23.9 Å². The van der Waals surface area contributed by atoms with Gasteiger partial charge in [-0.15, -0.1) is 0 Å². The molecule has 1 N–H and O–H groups in total. The maximum atomic E-state index is 12.8. The third kappa shape index (κ3) is 3.75. The SMILES string of the molecule is CCCCOc1ccc(N2C(=O)C[C@@H]([NH+]3CCSCC3)C2=O)cc1. The fourth-order valence-electron chi connectivity index (χ4n) is 3.23. The highest BCUT2D eigenvalue weighted by molar-refractivity contribution is 7.99. The Morgan fingerprint density at radius 2 is 1.92 bits per heavy atom. The lowest BCUT2D eigenvalue weighted by Crippen LogP contribution is -3.18. The van der Waals surface area contributed by atoms with Crippen molar-refractivity contribution in [3.63, 3.8) is 0 Å². The van der Waals surface area contributed by atoms with Crippen LogP contribution in [0.1, 0.15) is 26.2 Å². The summed E-state index contributed by atoms with van der Waals surface area (Å²) >= 11 is 1.92. The highest BCUT2D eigenvalue weighted by Gasteiger charge is 2.45. The van der Waals surface area contributed by atoms with Crippen molar-refractivity contribution in [2.45, 2.75) is 32.2 Å². The van der Waals surface area contributed by atoms with E-state index in [-0.39, 0.29) is 17.9 Å². The molecule has 0 aromatic heterocycles. The number of hydrogen-bond acceptors (Lipinski definition) is 4. The maximum absolute atomic E-state index is 12.8. The molecule has 130 valence electrons. The van der Waals surface area contributed by atoms with Crippen molar-refractivity contribution in [2.24, 2.45) is 0 Å². The van der Waals surface area contributed by atoms with Gasteiger partial charge in [0.1, 0.15) is 5.75 Å². The van der Waals surface area contributed by atoms with Gasteiger partial charge in [0.15, 0.2) is 6.04 Å². The topological polar surface area (TPSA) is 51.0 Å². The van der Waals surface area contributed by atoms with Gasteiger partial charge < -0.3 is 9.64 Å². The molecule has 0 bridgehead atoms. The van der Waals surface area contributed by atoms with Gasteiger partial charge in [0.25, 0.3) is 5.91 Å². The number of nitrogens with one attached hydrogen (secondary N) is 1. The Morgan fingerprint density at radius 1 is 1.21 bits per heavy atom. The first-order chi connectivity index (χ1) is 11.7. The molecule has 3 rings (SSSR count). The second kappa shape index (κ2) is 8.03. The number of benzene rings is 1. The summed E-state index contributed by atoms with van der Waals surface area (Å²) in [5, 5.41) is 0. The summed E-state index contributed by atoms with van der Waals surface area (Å²) in [6.45, 7) is 4.74. The molecular weight excluding hydrogens is 324 g/mol. The van der Waals surface area contributed by atoms with E-state index in [9.17, 15) is 9.59 Å². The van der Waals surface area contributed by atoms with Crippen molar-refractivity contribution in [1.29, 1.82) is 0 Å². The molecule has 2 saturated heterocycles. The van der Waals surface area contributed by atoms with E-state index in [1.165, 1.54) is 9.80 Å². The minimum Gasteiger partial charge on any atom is -0.494 e. The average Bonchev–Trinajstić information content (AvgIpc) is 2.91. The zero-order valence-electron chi connectivity index (χ0n) is 14.1. The van der Waals surface area contributed by atoms with E-state index in [2.05, 4.69) is 6.92 Å². The number of carbonyl (C=O) groups excluding carboxylic acids is 2. The lowest BCUT2D eigenvalue weighted by atomic mass is 10.2. The van der Waals surface area contributed by atoms with Gasteiger partial charge in [-0.2, -0.15) is 11.8 Å². The first kappa shape index (κ1) is 17.3. The molecule has 0 radical (unpaired) electrons. The first-order valence-electron chi connectivity index (χ1n) is 8.72. The molecule has 24 heavy (non-hydrogen) atoms. The first-order valence-corrected chi connectivity index (χ1v) is 9.88. The standard InChI is InChI=1S/C18H24N2O3S/c1-2-3-10-23-15-6-4-14(5-7-15)20-17(21)13-16(18(20)22)19-8-11-24-12-9-19/h4-7,16H,2-3,8-13H2,1H3/p+1/t16-/m1/s1. The monoisotopic (exact) mass is 349 g/mol. The summed E-state index contributed by atoms with van der Waals surface area (Å²) in [6, 6.07) is 7.08. The van der Waals surface area contributed by atoms with E-state index in [1.54, 1.807) is 12.1 Å². The van der Waals surface area contributed by atoms with Gasteiger partial charge in [-0.3, -0.25) is 9.59 Å². The molecule has 0 saturated carbocycles. The van der Waals surface area contributed by atoms with Crippen LogP contribution in [0.15, 0.2) is 24.3 Å². The Balaban J connectivity index is 1.67. The van der Waals surface area contributed by atoms with Crippen LogP contribution in [-0.4, -0.2) is 49.1 Å². The van der Waals surface area contributed by atoms with E-state index in [0.717, 1.165) is 43.2 Å². The normalized spacial score (nSPS) is 22.2. The van der Waals surface area contributed by atoms with Crippen LogP contribution in [0.2, 0.25) is 0 Å². The third-order valence-corrected chi connectivity index (χ3v) is 5.62. The highest BCUT2D eigenvalue weighted by Crippen LogP contribution is 2.25. The number of anilines is 1. The zero-order valence-corrected chi connectivity index (χ0v) is 14.9. The Labute approximate surface area is 147 Å². The molecule has 2 aliphatic rings. The predicted octanol–water partition coefficient (Wildman–Crippen LogP) is 1.13. The number of thioether (sulfide) groups is 1. The molecule has 1 atom stereocenters. The minimum atomic E-state index is -0.209. The van der Waals surface area contributed by atoms with E-state index >= 15 is 0 Å². The molecule has 2 aliphatic heterocycles. The summed E-state index contributed by atoms with van der Waals surface area (Å²) in [4.78, 5) is 27.8. The van der Waals surface area contributed by atoms with E-state index in [0.29, 0.717) is 18.7 Å². The maximum Gasteiger partial charge on any atom is 0.292 e. The Kier molecular flexibility index (Phi) is 5.79. The van der Waals surface area contributed by atoms with Crippen molar-refractivity contribution >= 4 is 29.3 Å². The number of amides is 2. The molecule has 0 spiro atoms. The van der Waals surface area contributed by atoms with Crippen LogP contribution >= 0.6 is 11.8 Å². The van der Waals surface area contributed by atoms with Gasteiger partial charge in [0.05, 0.1) is 31.8 Å². The van der Waals surface area contributed by atoms with Gasteiger partial charge in [-0.1, -0.05) is 13.3 Å². The number of imide groups is 1. The summed E-state index contributed by atoms with van der Waals surface area (Å²) in [6.07, 6.45) is 2.44. The molecule has 1 aromatic rings. The smallest absolute Gasteiger partial charge is 0.292 e. The minimum absolute atomic E-state index is 0.0541. The van der Waals surface area contributed by atoms with Crippen LogP contribution in [0.4, 0.5) is 5.69 Å². The van der Waals surface area contributed by atoms with E-state index < -0.39 is 0 Å². The summed E-state index contributed by atoms with van der Waals surface area (Å²) in [5.41, 5.74) is 0.654. The van der Waals surface area contributed by atoms with Crippen LogP contribution in [0.3, 0.4) is 0 Å². The van der Waals surface area contributed by atoms with Crippen LogP contribution in [0, 0.1) is 0 Å². The largest absolute Gasteiger partial charge is 0.494 e. The molecule has 2 fully saturated rings. The average molecular weight is 349 g/mol.